The zero-order valence-electron chi connectivity index (χ0n) is 22.5. The number of anilines is 1. The summed E-state index contributed by atoms with van der Waals surface area (Å²) in [6.07, 6.45) is 0.714. The molecule has 2 aromatic heterocycles. The Morgan fingerprint density at radius 1 is 0.829 bits per heavy atom. The van der Waals surface area contributed by atoms with Crippen LogP contribution in [-0.4, -0.2) is 38.2 Å². The van der Waals surface area contributed by atoms with Crippen LogP contribution in [0.5, 0.6) is 0 Å². The van der Waals surface area contributed by atoms with Gasteiger partial charge in [0.2, 0.25) is 5.79 Å². The molecule has 0 amide bonds. The molecule has 3 aromatic carbocycles. The number of aromatic nitrogens is 3. The van der Waals surface area contributed by atoms with Crippen molar-refractivity contribution >= 4 is 11.3 Å². The van der Waals surface area contributed by atoms with E-state index >= 15 is 0 Å². The Balaban J connectivity index is 1.34. The van der Waals surface area contributed by atoms with Crippen LogP contribution in [-0.2, 0) is 44.6 Å². The molecule has 1 fully saturated rings. The Labute approximate surface area is 238 Å². The van der Waals surface area contributed by atoms with Crippen molar-refractivity contribution in [1.82, 2.24) is 14.6 Å². The minimum absolute atomic E-state index is 0.0582. The summed E-state index contributed by atoms with van der Waals surface area (Å²) in [6, 6.07) is 32.9. The lowest BCUT2D eigenvalue weighted by Crippen LogP contribution is -2.42. The molecule has 1 aliphatic heterocycles. The summed E-state index contributed by atoms with van der Waals surface area (Å²) < 4.78 is 27.1. The first-order chi connectivity index (χ1) is 20.0. The number of nitrogens with zero attached hydrogens (tertiary/aromatic N) is 3. The Morgan fingerprint density at radius 3 is 2.10 bits per heavy atom. The zero-order chi connectivity index (χ0) is 28.1. The Hall–Kier alpha value is -4.12. The largest absolute Gasteiger partial charge is 0.382 e. The van der Waals surface area contributed by atoms with Gasteiger partial charge < -0.3 is 29.8 Å². The number of aliphatic hydroxyl groups is 1. The molecule has 6 rings (SSSR count). The second kappa shape index (κ2) is 11.8. The molecule has 0 aliphatic carbocycles. The molecule has 0 bridgehead atoms. The monoisotopic (exact) mass is 552 g/mol. The van der Waals surface area contributed by atoms with E-state index in [1.165, 1.54) is 10.8 Å². The highest BCUT2D eigenvalue weighted by Gasteiger charge is 2.59. The van der Waals surface area contributed by atoms with Gasteiger partial charge in [0.15, 0.2) is 11.6 Å². The van der Waals surface area contributed by atoms with Crippen molar-refractivity contribution in [2.45, 2.75) is 43.9 Å². The average Bonchev–Trinajstić information content (AvgIpc) is 3.58. The molecule has 210 valence electrons. The average molecular weight is 553 g/mol. The van der Waals surface area contributed by atoms with Crippen molar-refractivity contribution in [1.29, 1.82) is 0 Å². The number of fused-ring (bicyclic) bond motifs is 1. The van der Waals surface area contributed by atoms with E-state index in [1.54, 1.807) is 12.1 Å². The summed E-state index contributed by atoms with van der Waals surface area (Å²) in [6.45, 7) is 0.924. The molecule has 0 spiro atoms. The maximum absolute atomic E-state index is 12.3. The second-order valence-corrected chi connectivity index (χ2v) is 10.1. The van der Waals surface area contributed by atoms with E-state index in [0.717, 1.165) is 16.7 Å². The van der Waals surface area contributed by atoms with Crippen molar-refractivity contribution < 1.29 is 24.1 Å². The van der Waals surface area contributed by atoms with Gasteiger partial charge in [-0.25, -0.2) is 9.50 Å². The van der Waals surface area contributed by atoms with Gasteiger partial charge >= 0.3 is 0 Å². The lowest BCUT2D eigenvalue weighted by atomic mass is 10.0. The zero-order valence-corrected chi connectivity index (χ0v) is 22.5. The van der Waals surface area contributed by atoms with Crippen LogP contribution in [0.25, 0.3) is 5.52 Å². The second-order valence-electron chi connectivity index (χ2n) is 10.1. The summed E-state index contributed by atoms with van der Waals surface area (Å²) in [7, 11) is 0. The molecule has 1 saturated heterocycles. The van der Waals surface area contributed by atoms with Gasteiger partial charge in [-0.05, 0) is 28.8 Å². The minimum atomic E-state index is -1.94. The summed E-state index contributed by atoms with van der Waals surface area (Å²) in [5.74, 6) is -2.98. The third kappa shape index (κ3) is 5.85. The van der Waals surface area contributed by atoms with E-state index in [4.69, 9.17) is 24.7 Å². The first-order valence-electron chi connectivity index (χ1n) is 13.5. The van der Waals surface area contributed by atoms with Crippen LogP contribution in [0, 0.1) is 0 Å². The van der Waals surface area contributed by atoms with E-state index in [-0.39, 0.29) is 32.1 Å². The van der Waals surface area contributed by atoms with Gasteiger partial charge in [0, 0.05) is 6.42 Å². The predicted octanol–water partition coefficient (Wildman–Crippen LogP) is 4.59. The Bertz CT molecular complexity index is 1570. The molecule has 3 unspecified atom stereocenters. The molecule has 3 atom stereocenters. The quantitative estimate of drug-likeness (QED) is 0.245. The van der Waals surface area contributed by atoms with Crippen molar-refractivity contribution in [2.75, 3.05) is 12.3 Å². The number of hydrogen-bond donors (Lipinski definition) is 2. The first kappa shape index (κ1) is 27.1. The fourth-order valence-electron chi connectivity index (χ4n) is 5.10. The van der Waals surface area contributed by atoms with Gasteiger partial charge in [0.25, 0.3) is 0 Å². The molecular weight excluding hydrogens is 520 g/mol. The third-order valence-electron chi connectivity index (χ3n) is 7.20. The molecular formula is C32H32N4O5. The van der Waals surface area contributed by atoms with Gasteiger partial charge in [-0.15, -0.1) is 0 Å². The maximum atomic E-state index is 12.3. The van der Waals surface area contributed by atoms with Crippen molar-refractivity contribution in [3.8, 4) is 0 Å². The van der Waals surface area contributed by atoms with Crippen LogP contribution >= 0.6 is 0 Å². The number of nitrogen functional groups attached to an aromatic ring is 1. The molecule has 0 radical (unpaired) electrons. The van der Waals surface area contributed by atoms with E-state index in [9.17, 15) is 5.11 Å². The van der Waals surface area contributed by atoms with Gasteiger partial charge in [-0.3, -0.25) is 0 Å². The van der Waals surface area contributed by atoms with Gasteiger partial charge in [0.1, 0.15) is 30.2 Å². The molecule has 9 nitrogen and oxygen atoms in total. The van der Waals surface area contributed by atoms with Crippen LogP contribution in [0.1, 0.15) is 28.8 Å². The lowest BCUT2D eigenvalue weighted by molar-refractivity contribution is -0.340. The molecule has 3 heterocycles. The third-order valence-corrected chi connectivity index (χ3v) is 7.20. The SMILES string of the molecule is Nc1ncnn2c(C3(O)OC(COCc4ccccc4)(OCc4ccccc4)CC3OCc3ccccc3)ccc12. The molecule has 0 saturated carbocycles. The molecule has 3 N–H and O–H groups in total. The molecule has 41 heavy (non-hydrogen) atoms. The normalized spacial score (nSPS) is 22.3. The smallest absolute Gasteiger partial charge is 0.239 e. The first-order valence-corrected chi connectivity index (χ1v) is 13.5. The Morgan fingerprint density at radius 2 is 1.44 bits per heavy atom. The summed E-state index contributed by atoms with van der Waals surface area (Å²) >= 11 is 0. The maximum Gasteiger partial charge on any atom is 0.239 e. The number of ether oxygens (including phenoxy) is 4. The Kier molecular flexibility index (Phi) is 7.78. The van der Waals surface area contributed by atoms with Crippen molar-refractivity contribution in [2.24, 2.45) is 0 Å². The van der Waals surface area contributed by atoms with Crippen LogP contribution in [0.3, 0.4) is 0 Å². The fourth-order valence-corrected chi connectivity index (χ4v) is 5.10. The predicted molar refractivity (Wildman–Crippen MR) is 152 cm³/mol. The van der Waals surface area contributed by atoms with Gasteiger partial charge in [0.05, 0.1) is 19.8 Å². The van der Waals surface area contributed by atoms with Crippen LogP contribution < -0.4 is 5.73 Å². The number of nitrogens with two attached hydrogens (primary N) is 1. The number of rotatable bonds is 11. The van der Waals surface area contributed by atoms with E-state index < -0.39 is 17.7 Å². The van der Waals surface area contributed by atoms with Gasteiger partial charge in [-0.1, -0.05) is 91.0 Å². The lowest BCUT2D eigenvalue weighted by Gasteiger charge is -2.32. The van der Waals surface area contributed by atoms with Crippen molar-refractivity contribution in [3.05, 3.63) is 132 Å². The van der Waals surface area contributed by atoms with E-state index in [0.29, 0.717) is 17.8 Å². The standard InChI is InChI=1S/C32H32N4O5/c33-30-27-16-17-28(36(27)35-23-34-30)32(37)29(39-20-25-12-6-2-7-13-25)18-31(41-32,40-21-26-14-8-3-9-15-26)22-38-19-24-10-4-1-5-11-24/h1-17,23,29,37H,18-22H2,(H2,33,34,35). The van der Waals surface area contributed by atoms with Crippen LogP contribution in [0.4, 0.5) is 5.82 Å². The molecule has 1 aliphatic rings. The highest BCUT2D eigenvalue weighted by atomic mass is 16.8. The molecule has 5 aromatic rings. The number of hydrogen-bond acceptors (Lipinski definition) is 8. The summed E-state index contributed by atoms with van der Waals surface area (Å²) in [5.41, 5.74) is 9.94. The van der Waals surface area contributed by atoms with Crippen LogP contribution in [0.15, 0.2) is 109 Å². The van der Waals surface area contributed by atoms with Crippen molar-refractivity contribution in [3.63, 3.8) is 0 Å². The van der Waals surface area contributed by atoms with E-state index in [1.807, 2.05) is 91.0 Å². The molecule has 9 heteroatoms. The summed E-state index contributed by atoms with van der Waals surface area (Å²) in [4.78, 5) is 4.07. The fraction of sp³-hybridized carbons (Fsp3) is 0.250. The van der Waals surface area contributed by atoms with Crippen LogP contribution in [0.2, 0.25) is 0 Å². The van der Waals surface area contributed by atoms with E-state index in [2.05, 4.69) is 10.1 Å². The highest BCUT2D eigenvalue weighted by Crippen LogP contribution is 2.46. The highest BCUT2D eigenvalue weighted by molar-refractivity contribution is 5.65. The summed E-state index contributed by atoms with van der Waals surface area (Å²) in [5, 5.41) is 16.7. The topological polar surface area (TPSA) is 113 Å². The van der Waals surface area contributed by atoms with Gasteiger partial charge in [-0.2, -0.15) is 5.10 Å². The number of benzene rings is 3. The minimum Gasteiger partial charge on any atom is -0.382 e.